The molecule has 1 amide bonds. The van der Waals surface area contributed by atoms with Crippen LogP contribution in [0.15, 0.2) is 22.7 Å². The van der Waals surface area contributed by atoms with Gasteiger partial charge >= 0.3 is 16.3 Å². The molecular weight excluding hydrogens is 558 g/mol. The van der Waals surface area contributed by atoms with Gasteiger partial charge in [-0.2, -0.15) is 21.6 Å². The number of amides is 1. The van der Waals surface area contributed by atoms with E-state index in [1.807, 2.05) is 0 Å². The predicted molar refractivity (Wildman–Crippen MR) is 125 cm³/mol. The van der Waals surface area contributed by atoms with Crippen LogP contribution in [0.2, 0.25) is 0 Å². The highest BCUT2D eigenvalue weighted by Crippen LogP contribution is 2.36. The highest BCUT2D eigenvalue weighted by Gasteiger charge is 2.30. The lowest BCUT2D eigenvalue weighted by molar-refractivity contribution is -0.155. The lowest BCUT2D eigenvalue weighted by Gasteiger charge is -2.30. The van der Waals surface area contributed by atoms with Gasteiger partial charge in [-0.15, -0.1) is 11.3 Å². The van der Waals surface area contributed by atoms with E-state index in [9.17, 15) is 30.8 Å². The number of fused-ring (bicyclic) bond motifs is 1. The molecular formula is C22H23F4N3O7S2. The summed E-state index contributed by atoms with van der Waals surface area (Å²) in [6.45, 7) is -0.187. The van der Waals surface area contributed by atoms with Crippen molar-refractivity contribution in [1.82, 2.24) is 9.88 Å². The highest BCUT2D eigenvalue weighted by atomic mass is 32.2. The first kappa shape index (κ1) is 28.2. The van der Waals surface area contributed by atoms with Gasteiger partial charge in [0.2, 0.25) is 6.29 Å². The monoisotopic (exact) mass is 581 g/mol. The topological polar surface area (TPSA) is 117 Å². The van der Waals surface area contributed by atoms with Crippen molar-refractivity contribution in [3.8, 4) is 5.75 Å². The lowest BCUT2D eigenvalue weighted by Crippen LogP contribution is -2.39. The number of oxime groups is 1. The largest absolute Gasteiger partial charge is 0.429 e. The molecule has 0 spiro atoms. The van der Waals surface area contributed by atoms with E-state index in [-0.39, 0.29) is 42.2 Å². The number of ether oxygens (including phenoxy) is 2. The number of piperidine rings is 1. The van der Waals surface area contributed by atoms with E-state index < -0.39 is 40.9 Å². The molecule has 0 bridgehead atoms. The standard InChI is InChI=1S/C22H23F4N3O7S2/c1-38(31,32)36-18-3-2-16(23)14-8-33-21(34-9-15(14)18)17-11-37-20(28-17)13-4-6-29(7-5-13)19(30)10-35-27-12-22(24,25)26/h2-3,11-13,21H,4-10H2,1H3. The number of hydrogen-bond donors (Lipinski definition) is 0. The average Bonchev–Trinajstić information content (AvgIpc) is 3.22. The van der Waals surface area contributed by atoms with Gasteiger partial charge in [-0.3, -0.25) is 4.79 Å². The molecule has 1 aromatic heterocycles. The number of hydrogen-bond acceptors (Lipinski definition) is 10. The summed E-state index contributed by atoms with van der Waals surface area (Å²) in [6, 6.07) is 2.32. The third kappa shape index (κ3) is 7.39. The Labute approximate surface area is 219 Å². The maximum atomic E-state index is 14.4. The summed E-state index contributed by atoms with van der Waals surface area (Å²) in [5.74, 6) is -1.04. The van der Waals surface area contributed by atoms with Crippen molar-refractivity contribution >= 4 is 33.6 Å². The van der Waals surface area contributed by atoms with Crippen molar-refractivity contribution in [2.75, 3.05) is 26.0 Å². The van der Waals surface area contributed by atoms with Crippen LogP contribution in [0.4, 0.5) is 17.6 Å². The number of carbonyl (C=O) groups is 1. The van der Waals surface area contributed by atoms with Gasteiger partial charge < -0.3 is 23.4 Å². The summed E-state index contributed by atoms with van der Waals surface area (Å²) in [4.78, 5) is 22.7. The molecule has 208 valence electrons. The molecule has 1 atom stereocenters. The summed E-state index contributed by atoms with van der Waals surface area (Å²) in [7, 11) is -3.84. The van der Waals surface area contributed by atoms with Gasteiger partial charge in [-0.05, 0) is 25.0 Å². The van der Waals surface area contributed by atoms with E-state index >= 15 is 0 Å². The molecule has 1 fully saturated rings. The summed E-state index contributed by atoms with van der Waals surface area (Å²) >= 11 is 1.38. The number of halogens is 4. The van der Waals surface area contributed by atoms with Crippen molar-refractivity contribution in [3.63, 3.8) is 0 Å². The van der Waals surface area contributed by atoms with Crippen LogP contribution < -0.4 is 4.18 Å². The third-order valence-corrected chi connectivity index (χ3v) is 7.28. The van der Waals surface area contributed by atoms with Crippen molar-refractivity contribution in [2.45, 2.75) is 44.4 Å². The van der Waals surface area contributed by atoms with Gasteiger partial charge in [0.1, 0.15) is 23.5 Å². The van der Waals surface area contributed by atoms with E-state index in [0.29, 0.717) is 31.6 Å². The van der Waals surface area contributed by atoms with Crippen LogP contribution in [0.5, 0.6) is 5.75 Å². The van der Waals surface area contributed by atoms with E-state index in [2.05, 4.69) is 15.0 Å². The van der Waals surface area contributed by atoms with Crippen LogP contribution in [-0.4, -0.2) is 62.6 Å². The zero-order valence-electron chi connectivity index (χ0n) is 19.9. The molecule has 1 unspecified atom stereocenters. The van der Waals surface area contributed by atoms with Crippen LogP contribution in [0.25, 0.3) is 0 Å². The molecule has 2 aliphatic heterocycles. The normalized spacial score (nSPS) is 19.3. The quantitative estimate of drug-likeness (QED) is 0.211. The van der Waals surface area contributed by atoms with Crippen LogP contribution >= 0.6 is 11.3 Å². The number of nitrogens with zero attached hydrogens (tertiary/aromatic N) is 3. The SMILES string of the molecule is CS(=O)(=O)Oc1ccc(F)c2c1COC(c1csc(C3CCN(C(=O)CON=CC(F)(F)F)CC3)n1)OC2. The Bertz CT molecular complexity index is 1290. The molecule has 0 radical (unpaired) electrons. The minimum Gasteiger partial charge on any atom is -0.386 e. The molecule has 1 saturated heterocycles. The molecule has 10 nitrogen and oxygen atoms in total. The summed E-state index contributed by atoms with van der Waals surface area (Å²) in [5.41, 5.74) is 0.839. The molecule has 4 rings (SSSR count). The van der Waals surface area contributed by atoms with Crippen LogP contribution in [0.1, 0.15) is 46.9 Å². The minimum atomic E-state index is -4.61. The number of likely N-dealkylation sites (tertiary alicyclic amines) is 1. The lowest BCUT2D eigenvalue weighted by atomic mass is 9.97. The Hall–Kier alpha value is -2.82. The fourth-order valence-corrected chi connectivity index (χ4v) is 5.46. The number of carbonyl (C=O) groups excluding carboxylic acids is 1. The Balaban J connectivity index is 1.33. The summed E-state index contributed by atoms with van der Waals surface area (Å²) in [6.07, 6.45) is -3.81. The van der Waals surface area contributed by atoms with Crippen molar-refractivity contribution in [3.05, 3.63) is 45.2 Å². The second-order valence-corrected chi connectivity index (χ2v) is 11.0. The number of benzene rings is 1. The van der Waals surface area contributed by atoms with Gasteiger partial charge in [0.05, 0.1) is 24.5 Å². The van der Waals surface area contributed by atoms with Crippen LogP contribution in [0, 0.1) is 5.82 Å². The fourth-order valence-electron chi connectivity index (χ4n) is 3.99. The molecule has 0 N–H and O–H groups in total. The average molecular weight is 582 g/mol. The van der Waals surface area contributed by atoms with Crippen LogP contribution in [-0.2, 0) is 42.4 Å². The number of alkyl halides is 3. The van der Waals surface area contributed by atoms with Crippen molar-refractivity contribution in [1.29, 1.82) is 0 Å². The minimum absolute atomic E-state index is 0.0361. The second-order valence-electron chi connectivity index (χ2n) is 8.56. The first-order chi connectivity index (χ1) is 17.9. The molecule has 1 aromatic carbocycles. The Morgan fingerprint density at radius 1 is 1.24 bits per heavy atom. The van der Waals surface area contributed by atoms with E-state index in [1.165, 1.54) is 22.3 Å². The molecule has 0 saturated carbocycles. The first-order valence-corrected chi connectivity index (χ1v) is 14.0. The molecule has 2 aromatic rings. The maximum absolute atomic E-state index is 14.4. The molecule has 3 heterocycles. The Morgan fingerprint density at radius 3 is 2.58 bits per heavy atom. The number of rotatable bonds is 7. The van der Waals surface area contributed by atoms with Crippen molar-refractivity contribution in [2.24, 2.45) is 5.16 Å². The second kappa shape index (κ2) is 11.5. The fraction of sp³-hybridized carbons (Fsp3) is 0.500. The van der Waals surface area contributed by atoms with Gasteiger partial charge in [0, 0.05) is 35.5 Å². The molecule has 2 aliphatic rings. The molecule has 16 heteroatoms. The van der Waals surface area contributed by atoms with Crippen LogP contribution in [0.3, 0.4) is 0 Å². The van der Waals surface area contributed by atoms with Gasteiger partial charge in [-0.25, -0.2) is 9.37 Å². The molecule has 0 aliphatic carbocycles. The van der Waals surface area contributed by atoms with Gasteiger partial charge in [0.15, 0.2) is 6.61 Å². The summed E-state index contributed by atoms with van der Waals surface area (Å²) in [5, 5.41) is 5.29. The number of thiazole rings is 1. The van der Waals surface area contributed by atoms with Gasteiger partial charge in [-0.1, -0.05) is 5.16 Å². The predicted octanol–water partition coefficient (Wildman–Crippen LogP) is 3.64. The first-order valence-electron chi connectivity index (χ1n) is 11.3. The van der Waals surface area contributed by atoms with E-state index in [4.69, 9.17) is 13.7 Å². The van der Waals surface area contributed by atoms with E-state index in [0.717, 1.165) is 17.3 Å². The highest BCUT2D eigenvalue weighted by molar-refractivity contribution is 7.86. The third-order valence-electron chi connectivity index (χ3n) is 5.77. The smallest absolute Gasteiger partial charge is 0.386 e. The zero-order valence-corrected chi connectivity index (χ0v) is 21.6. The Kier molecular flexibility index (Phi) is 8.54. The summed E-state index contributed by atoms with van der Waals surface area (Å²) < 4.78 is 90.2. The van der Waals surface area contributed by atoms with Gasteiger partial charge in [0.25, 0.3) is 5.91 Å². The maximum Gasteiger partial charge on any atom is 0.429 e. The number of aromatic nitrogens is 1. The molecule has 38 heavy (non-hydrogen) atoms. The Morgan fingerprint density at radius 2 is 1.92 bits per heavy atom. The van der Waals surface area contributed by atoms with E-state index in [1.54, 1.807) is 5.38 Å². The zero-order chi connectivity index (χ0) is 27.5. The van der Waals surface area contributed by atoms with Crippen molar-refractivity contribution < 1.29 is 49.3 Å².